The number of rotatable bonds is 6. The number of esters is 1. The van der Waals surface area contributed by atoms with Crippen molar-refractivity contribution in [3.8, 4) is 0 Å². The Bertz CT molecular complexity index is 618. The number of hydrogen-bond acceptors (Lipinski definition) is 5. The zero-order valence-corrected chi connectivity index (χ0v) is 16.2. The molecular weight excluding hydrogens is 342 g/mol. The summed E-state index contributed by atoms with van der Waals surface area (Å²) in [5.74, 6) is 0.455. The monoisotopic (exact) mass is 373 g/mol. The van der Waals surface area contributed by atoms with Gasteiger partial charge in [0.15, 0.2) is 0 Å². The van der Waals surface area contributed by atoms with E-state index in [1.165, 1.54) is 25.5 Å². The molecule has 0 saturated carbocycles. The van der Waals surface area contributed by atoms with E-state index in [1.54, 1.807) is 0 Å². The van der Waals surface area contributed by atoms with Gasteiger partial charge in [-0.3, -0.25) is 9.59 Å². The molecule has 1 amide bonds. The number of nitrogens with zero attached hydrogens (tertiary/aromatic N) is 1. The van der Waals surface area contributed by atoms with Crippen molar-refractivity contribution in [2.75, 3.05) is 39.8 Å². The number of carbonyl (C=O) groups is 2. The van der Waals surface area contributed by atoms with Gasteiger partial charge in [0.1, 0.15) is 0 Å². The molecule has 0 radical (unpaired) electrons. The molecule has 2 aliphatic heterocycles. The fourth-order valence-electron chi connectivity index (χ4n) is 3.98. The van der Waals surface area contributed by atoms with Crippen LogP contribution in [0.3, 0.4) is 0 Å². The smallest absolute Gasteiger partial charge is 0.306 e. The third kappa shape index (κ3) is 5.78. The Balaban J connectivity index is 1.43. The fraction of sp³-hybridized carbons (Fsp3) is 0.619. The SMILES string of the molecule is COC(=O)CCN1CCC(NC(=O)c2ccc(C3CCNCC3)cc2)CC1. The molecule has 2 aliphatic rings. The maximum atomic E-state index is 12.5. The lowest BCUT2D eigenvalue weighted by molar-refractivity contribution is -0.141. The van der Waals surface area contributed by atoms with Crippen LogP contribution in [-0.4, -0.2) is 62.7 Å². The van der Waals surface area contributed by atoms with Crippen molar-refractivity contribution in [3.05, 3.63) is 35.4 Å². The second-order valence-corrected chi connectivity index (χ2v) is 7.56. The molecule has 0 bridgehead atoms. The summed E-state index contributed by atoms with van der Waals surface area (Å²) in [6, 6.07) is 8.34. The van der Waals surface area contributed by atoms with E-state index < -0.39 is 0 Å². The Morgan fingerprint density at radius 2 is 1.78 bits per heavy atom. The van der Waals surface area contributed by atoms with Crippen molar-refractivity contribution < 1.29 is 14.3 Å². The van der Waals surface area contributed by atoms with Crippen molar-refractivity contribution in [2.24, 2.45) is 0 Å². The Morgan fingerprint density at radius 1 is 1.11 bits per heavy atom. The average molecular weight is 373 g/mol. The van der Waals surface area contributed by atoms with Crippen molar-refractivity contribution in [1.29, 1.82) is 0 Å². The molecular formula is C21H31N3O3. The van der Waals surface area contributed by atoms with Crippen LogP contribution in [0, 0.1) is 0 Å². The van der Waals surface area contributed by atoms with Crippen LogP contribution in [0.1, 0.15) is 53.9 Å². The van der Waals surface area contributed by atoms with Gasteiger partial charge in [0, 0.05) is 31.2 Å². The van der Waals surface area contributed by atoms with Gasteiger partial charge in [-0.05, 0) is 62.4 Å². The van der Waals surface area contributed by atoms with Crippen molar-refractivity contribution >= 4 is 11.9 Å². The lowest BCUT2D eigenvalue weighted by Crippen LogP contribution is -2.45. The molecule has 2 heterocycles. The number of likely N-dealkylation sites (tertiary alicyclic amines) is 1. The minimum atomic E-state index is -0.168. The van der Waals surface area contributed by atoms with Crippen LogP contribution in [0.25, 0.3) is 0 Å². The van der Waals surface area contributed by atoms with Gasteiger partial charge >= 0.3 is 5.97 Å². The third-order valence-electron chi connectivity index (χ3n) is 5.77. The maximum absolute atomic E-state index is 12.5. The van der Waals surface area contributed by atoms with E-state index in [0.717, 1.165) is 51.1 Å². The predicted octanol–water partition coefficient (Wildman–Crippen LogP) is 1.91. The Kier molecular flexibility index (Phi) is 7.24. The Labute approximate surface area is 161 Å². The standard InChI is InChI=1S/C21H31N3O3/c1-27-20(25)10-15-24-13-8-19(9-14-24)23-21(26)18-4-2-16(3-5-18)17-6-11-22-12-7-17/h2-5,17,19,22H,6-15H2,1H3,(H,23,26). The van der Waals surface area contributed by atoms with Gasteiger partial charge in [-0.1, -0.05) is 12.1 Å². The molecule has 1 aromatic carbocycles. The molecule has 0 atom stereocenters. The van der Waals surface area contributed by atoms with Crippen molar-refractivity contribution in [3.63, 3.8) is 0 Å². The number of ether oxygens (including phenoxy) is 1. The second kappa shape index (κ2) is 9.85. The molecule has 6 nitrogen and oxygen atoms in total. The zero-order chi connectivity index (χ0) is 19.1. The van der Waals surface area contributed by atoms with E-state index >= 15 is 0 Å². The van der Waals surface area contributed by atoms with E-state index in [9.17, 15) is 9.59 Å². The molecule has 3 rings (SSSR count). The number of amides is 1. The summed E-state index contributed by atoms with van der Waals surface area (Å²) >= 11 is 0. The lowest BCUT2D eigenvalue weighted by Gasteiger charge is -2.32. The summed E-state index contributed by atoms with van der Waals surface area (Å²) in [7, 11) is 1.42. The number of carbonyl (C=O) groups excluding carboxylic acids is 2. The molecule has 0 aliphatic carbocycles. The van der Waals surface area contributed by atoms with Gasteiger partial charge in [-0.15, -0.1) is 0 Å². The Hall–Kier alpha value is -1.92. The summed E-state index contributed by atoms with van der Waals surface area (Å²) in [5, 5.41) is 6.55. The topological polar surface area (TPSA) is 70.7 Å². The van der Waals surface area contributed by atoms with Gasteiger partial charge < -0.3 is 20.3 Å². The molecule has 0 aromatic heterocycles. The first-order chi connectivity index (χ1) is 13.2. The van der Waals surface area contributed by atoms with Crippen LogP contribution in [0.4, 0.5) is 0 Å². The largest absolute Gasteiger partial charge is 0.469 e. The highest BCUT2D eigenvalue weighted by molar-refractivity contribution is 5.94. The van der Waals surface area contributed by atoms with Gasteiger partial charge in [0.25, 0.3) is 5.91 Å². The molecule has 0 unspecified atom stereocenters. The summed E-state index contributed by atoms with van der Waals surface area (Å²) in [5.41, 5.74) is 2.08. The third-order valence-corrected chi connectivity index (χ3v) is 5.77. The minimum absolute atomic E-state index is 0.0138. The molecule has 2 saturated heterocycles. The van der Waals surface area contributed by atoms with Crippen molar-refractivity contribution in [2.45, 2.75) is 44.1 Å². The van der Waals surface area contributed by atoms with Crippen LogP contribution in [0.15, 0.2) is 24.3 Å². The van der Waals surface area contributed by atoms with Crippen molar-refractivity contribution in [1.82, 2.24) is 15.5 Å². The van der Waals surface area contributed by atoms with Gasteiger partial charge in [-0.25, -0.2) is 0 Å². The quantitative estimate of drug-likeness (QED) is 0.746. The van der Waals surface area contributed by atoms with Gasteiger partial charge in [-0.2, -0.15) is 0 Å². The number of nitrogens with one attached hydrogen (secondary N) is 2. The highest BCUT2D eigenvalue weighted by Crippen LogP contribution is 2.25. The number of benzene rings is 1. The molecule has 27 heavy (non-hydrogen) atoms. The summed E-state index contributed by atoms with van der Waals surface area (Å²) in [4.78, 5) is 26.0. The lowest BCUT2D eigenvalue weighted by atomic mass is 9.90. The van der Waals surface area contributed by atoms with Gasteiger partial charge in [0.05, 0.1) is 13.5 Å². The van der Waals surface area contributed by atoms with E-state index in [4.69, 9.17) is 0 Å². The fourth-order valence-corrected chi connectivity index (χ4v) is 3.98. The van der Waals surface area contributed by atoms with Crippen LogP contribution in [-0.2, 0) is 9.53 Å². The summed E-state index contributed by atoms with van der Waals surface area (Å²) in [6.45, 7) is 4.68. The normalized spacial score (nSPS) is 19.6. The highest BCUT2D eigenvalue weighted by Gasteiger charge is 2.22. The molecule has 1 aromatic rings. The highest BCUT2D eigenvalue weighted by atomic mass is 16.5. The summed E-state index contributed by atoms with van der Waals surface area (Å²) < 4.78 is 4.69. The van der Waals surface area contributed by atoms with Crippen LogP contribution < -0.4 is 10.6 Å². The second-order valence-electron chi connectivity index (χ2n) is 7.56. The van der Waals surface area contributed by atoms with E-state index in [-0.39, 0.29) is 17.9 Å². The molecule has 2 N–H and O–H groups in total. The average Bonchev–Trinajstić information content (AvgIpc) is 2.73. The minimum Gasteiger partial charge on any atom is -0.469 e. The summed E-state index contributed by atoms with van der Waals surface area (Å²) in [6.07, 6.45) is 4.59. The van der Waals surface area contributed by atoms with E-state index in [0.29, 0.717) is 12.3 Å². The predicted molar refractivity (Wildman–Crippen MR) is 105 cm³/mol. The van der Waals surface area contributed by atoms with Crippen LogP contribution in [0.5, 0.6) is 0 Å². The Morgan fingerprint density at radius 3 is 2.41 bits per heavy atom. The molecule has 2 fully saturated rings. The first-order valence-corrected chi connectivity index (χ1v) is 10.1. The zero-order valence-electron chi connectivity index (χ0n) is 16.2. The number of methoxy groups -OCH3 is 1. The number of hydrogen-bond donors (Lipinski definition) is 2. The molecule has 0 spiro atoms. The van der Waals surface area contributed by atoms with E-state index in [1.807, 2.05) is 12.1 Å². The maximum Gasteiger partial charge on any atom is 0.306 e. The van der Waals surface area contributed by atoms with Crippen LogP contribution in [0.2, 0.25) is 0 Å². The van der Waals surface area contributed by atoms with Gasteiger partial charge in [0.2, 0.25) is 0 Å². The van der Waals surface area contributed by atoms with E-state index in [2.05, 4.69) is 32.4 Å². The van der Waals surface area contributed by atoms with Crippen LogP contribution >= 0.6 is 0 Å². The first-order valence-electron chi connectivity index (χ1n) is 10.1. The first kappa shape index (κ1) is 19.8. The molecule has 148 valence electrons. The number of piperidine rings is 2. The molecule has 6 heteroatoms.